The summed E-state index contributed by atoms with van der Waals surface area (Å²) in [6.07, 6.45) is -12.7. The Balaban J connectivity index is 5.43. The molecule has 0 fully saturated rings. The van der Waals surface area contributed by atoms with E-state index in [1.54, 1.807) is 0 Å². The van der Waals surface area contributed by atoms with Crippen molar-refractivity contribution in [1.29, 1.82) is 0 Å². The molecule has 0 rings (SSSR count). The predicted octanol–water partition coefficient (Wildman–Crippen LogP) is -4.09. The van der Waals surface area contributed by atoms with Crippen LogP contribution in [0.5, 0.6) is 0 Å². The third-order valence-electron chi connectivity index (χ3n) is 4.21. The molecule has 0 aromatic carbocycles. The highest BCUT2D eigenvalue weighted by Gasteiger charge is 2.52. The second kappa shape index (κ2) is 9.06. The fourth-order valence-electron chi connectivity index (χ4n) is 2.48. The van der Waals surface area contributed by atoms with Crippen LogP contribution in [0.2, 0.25) is 0 Å². The first-order valence-electron chi connectivity index (χ1n) is 7.09. The van der Waals surface area contributed by atoms with Gasteiger partial charge in [0.15, 0.2) is 0 Å². The Morgan fingerprint density at radius 3 is 1.64 bits per heavy atom. The molecule has 4 unspecified atom stereocenters. The second-order valence-electron chi connectivity index (χ2n) is 5.54. The Labute approximate surface area is 128 Å². The fourth-order valence-corrected chi connectivity index (χ4v) is 2.48. The third-order valence-corrected chi connectivity index (χ3v) is 4.21. The Kier molecular flexibility index (Phi) is 8.91. The minimum absolute atomic E-state index is 0.0349. The first kappa shape index (κ1) is 21.6. The molecule has 22 heavy (non-hydrogen) atoms. The minimum atomic E-state index is -2.10. The Hall–Kier alpha value is -0.360. The maximum Gasteiger partial charge on any atom is 0.111 e. The molecular formula is C13H28O9. The number of aliphatic hydroxyl groups excluding tert-OH is 9. The van der Waals surface area contributed by atoms with Crippen LogP contribution in [0.25, 0.3) is 0 Å². The molecule has 0 bridgehead atoms. The summed E-state index contributed by atoms with van der Waals surface area (Å²) in [4.78, 5) is 0. The Morgan fingerprint density at radius 2 is 1.32 bits per heavy atom. The van der Waals surface area contributed by atoms with Crippen LogP contribution in [-0.2, 0) is 0 Å². The van der Waals surface area contributed by atoms with Crippen LogP contribution < -0.4 is 0 Å². The molecule has 0 aliphatic carbocycles. The average Bonchev–Trinajstić information content (AvgIpc) is 2.51. The monoisotopic (exact) mass is 328 g/mol. The molecule has 0 aromatic rings. The lowest BCUT2D eigenvalue weighted by Crippen LogP contribution is -2.62. The van der Waals surface area contributed by atoms with E-state index in [9.17, 15) is 40.9 Å². The summed E-state index contributed by atoms with van der Waals surface area (Å²) >= 11 is 0. The zero-order valence-corrected chi connectivity index (χ0v) is 12.7. The second-order valence-corrected chi connectivity index (χ2v) is 5.54. The molecule has 9 nitrogen and oxygen atoms in total. The van der Waals surface area contributed by atoms with Crippen LogP contribution in [-0.4, -0.2) is 102 Å². The van der Waals surface area contributed by atoms with Gasteiger partial charge in [-0.2, -0.15) is 0 Å². The number of aliphatic hydroxyl groups is 9. The van der Waals surface area contributed by atoms with Crippen LogP contribution in [0, 0.1) is 5.41 Å². The molecule has 0 spiro atoms. The maximum absolute atomic E-state index is 10.2. The van der Waals surface area contributed by atoms with Gasteiger partial charge < -0.3 is 46.0 Å². The van der Waals surface area contributed by atoms with E-state index in [0.717, 1.165) is 0 Å². The third kappa shape index (κ3) is 4.13. The van der Waals surface area contributed by atoms with Crippen molar-refractivity contribution in [3.05, 3.63) is 0 Å². The van der Waals surface area contributed by atoms with Crippen molar-refractivity contribution in [3.63, 3.8) is 0 Å². The summed E-state index contributed by atoms with van der Waals surface area (Å²) in [5.74, 6) is 0. The van der Waals surface area contributed by atoms with E-state index >= 15 is 0 Å². The maximum atomic E-state index is 10.2. The van der Waals surface area contributed by atoms with Gasteiger partial charge in [-0.15, -0.1) is 0 Å². The SMILES string of the molecule is CCC(O)C(CO)(C(C)O)C(O)[C@H](O)[C@@H](O)[C@H](O)[C@H](O)CO. The number of hydrogen-bond acceptors (Lipinski definition) is 9. The highest BCUT2D eigenvalue weighted by molar-refractivity contribution is 5.01. The van der Waals surface area contributed by atoms with Gasteiger partial charge >= 0.3 is 0 Å². The van der Waals surface area contributed by atoms with Crippen molar-refractivity contribution in [1.82, 2.24) is 0 Å². The smallest absolute Gasteiger partial charge is 0.111 e. The summed E-state index contributed by atoms with van der Waals surface area (Å²) in [5.41, 5.74) is -1.96. The molecule has 0 aliphatic rings. The van der Waals surface area contributed by atoms with Gasteiger partial charge in [-0.1, -0.05) is 6.92 Å². The highest BCUT2D eigenvalue weighted by Crippen LogP contribution is 2.35. The first-order valence-corrected chi connectivity index (χ1v) is 7.09. The van der Waals surface area contributed by atoms with Crippen LogP contribution in [0.15, 0.2) is 0 Å². The van der Waals surface area contributed by atoms with Crippen LogP contribution in [0.3, 0.4) is 0 Å². The number of rotatable bonds is 10. The molecule has 9 heteroatoms. The summed E-state index contributed by atoms with van der Waals surface area (Å²) in [7, 11) is 0. The molecular weight excluding hydrogens is 300 g/mol. The van der Waals surface area contributed by atoms with E-state index in [2.05, 4.69) is 0 Å². The molecule has 0 aromatic heterocycles. The van der Waals surface area contributed by atoms with E-state index in [4.69, 9.17) is 5.11 Å². The van der Waals surface area contributed by atoms with Crippen molar-refractivity contribution in [2.75, 3.05) is 13.2 Å². The van der Waals surface area contributed by atoms with Gasteiger partial charge in [0.25, 0.3) is 0 Å². The van der Waals surface area contributed by atoms with E-state index in [-0.39, 0.29) is 6.42 Å². The van der Waals surface area contributed by atoms with Gasteiger partial charge in [0.05, 0.1) is 36.9 Å². The normalized spacial score (nSPS) is 24.7. The van der Waals surface area contributed by atoms with Crippen molar-refractivity contribution >= 4 is 0 Å². The molecule has 0 saturated heterocycles. The molecule has 134 valence electrons. The lowest BCUT2D eigenvalue weighted by Gasteiger charge is -2.45. The van der Waals surface area contributed by atoms with Gasteiger partial charge in [0, 0.05) is 0 Å². The number of hydrogen-bond donors (Lipinski definition) is 9. The highest BCUT2D eigenvalue weighted by atomic mass is 16.4. The van der Waals surface area contributed by atoms with Crippen molar-refractivity contribution in [2.24, 2.45) is 5.41 Å². The van der Waals surface area contributed by atoms with Crippen molar-refractivity contribution < 1.29 is 46.0 Å². The van der Waals surface area contributed by atoms with Gasteiger partial charge in [-0.3, -0.25) is 0 Å². The summed E-state index contributed by atoms with van der Waals surface area (Å²) < 4.78 is 0. The molecule has 8 atom stereocenters. The predicted molar refractivity (Wildman–Crippen MR) is 74.6 cm³/mol. The molecule has 0 aliphatic heterocycles. The lowest BCUT2D eigenvalue weighted by molar-refractivity contribution is -0.214. The van der Waals surface area contributed by atoms with E-state index in [1.165, 1.54) is 13.8 Å². The summed E-state index contributed by atoms with van der Waals surface area (Å²) in [5, 5.41) is 86.9. The topological polar surface area (TPSA) is 182 Å². The largest absolute Gasteiger partial charge is 0.395 e. The van der Waals surface area contributed by atoms with Crippen LogP contribution >= 0.6 is 0 Å². The van der Waals surface area contributed by atoms with Gasteiger partial charge in [0.2, 0.25) is 0 Å². The first-order chi connectivity index (χ1) is 10.1. The van der Waals surface area contributed by atoms with E-state index < -0.39 is 61.4 Å². The van der Waals surface area contributed by atoms with Crippen molar-refractivity contribution in [2.45, 2.75) is 63.0 Å². The quantitative estimate of drug-likeness (QED) is 0.192. The fraction of sp³-hybridized carbons (Fsp3) is 1.00. The molecule has 9 N–H and O–H groups in total. The lowest BCUT2D eigenvalue weighted by atomic mass is 9.69. The summed E-state index contributed by atoms with van der Waals surface area (Å²) in [6, 6.07) is 0. The minimum Gasteiger partial charge on any atom is -0.395 e. The zero-order chi connectivity index (χ0) is 17.7. The molecule has 0 heterocycles. The van der Waals surface area contributed by atoms with Gasteiger partial charge in [-0.05, 0) is 13.3 Å². The summed E-state index contributed by atoms with van der Waals surface area (Å²) in [6.45, 7) is 0.928. The Morgan fingerprint density at radius 1 is 0.818 bits per heavy atom. The van der Waals surface area contributed by atoms with Gasteiger partial charge in [-0.25, -0.2) is 0 Å². The van der Waals surface area contributed by atoms with Crippen molar-refractivity contribution in [3.8, 4) is 0 Å². The van der Waals surface area contributed by atoms with Crippen LogP contribution in [0.4, 0.5) is 0 Å². The van der Waals surface area contributed by atoms with E-state index in [0.29, 0.717) is 0 Å². The van der Waals surface area contributed by atoms with Gasteiger partial charge in [0.1, 0.15) is 24.4 Å². The molecule has 0 radical (unpaired) electrons. The van der Waals surface area contributed by atoms with E-state index in [1.807, 2.05) is 0 Å². The Bertz CT molecular complexity index is 314. The van der Waals surface area contributed by atoms with Crippen LogP contribution in [0.1, 0.15) is 20.3 Å². The average molecular weight is 328 g/mol. The molecule has 0 amide bonds. The zero-order valence-electron chi connectivity index (χ0n) is 12.7. The standard InChI is InChI=1S/C13H28O9/c1-3-8(18)13(5-15,6(2)16)12(22)11(21)10(20)9(19)7(17)4-14/h6-12,14-22H,3-5H2,1-2H3/t6?,7-,8?,9-,10+,11-,12?,13?/m1/s1. The molecule has 0 saturated carbocycles.